The van der Waals surface area contributed by atoms with E-state index in [2.05, 4.69) is 21.2 Å². The van der Waals surface area contributed by atoms with Crippen LogP contribution in [0.4, 0.5) is 5.69 Å². The minimum Gasteiger partial charge on any atom is -0.493 e. The summed E-state index contributed by atoms with van der Waals surface area (Å²) < 4.78 is 38.4. The summed E-state index contributed by atoms with van der Waals surface area (Å²) in [5, 5.41) is 2.93. The van der Waals surface area contributed by atoms with E-state index in [1.54, 1.807) is 12.1 Å². The zero-order valence-electron chi connectivity index (χ0n) is 23.8. The Morgan fingerprint density at radius 1 is 0.902 bits per heavy atom. The fourth-order valence-corrected chi connectivity index (χ4v) is 5.65. The molecule has 2 amide bonds. The van der Waals surface area contributed by atoms with Gasteiger partial charge >= 0.3 is 0 Å². The number of rotatable bonds is 13. The largest absolute Gasteiger partial charge is 0.493 e. The molecule has 41 heavy (non-hydrogen) atoms. The van der Waals surface area contributed by atoms with E-state index in [0.717, 1.165) is 26.2 Å². The standard InChI is InChI=1S/C30H36BrN3O6S/c1-21(2)32-30(36)26(17-22-10-7-6-8-11-22)33(19-23-12-9-13-24(31)16-23)29(35)20-34(41(5,37)38)25-14-15-27(39-3)28(18-25)40-4/h6-16,18,21,26H,17,19-20H2,1-5H3,(H,32,36)/t26-/m1/s1. The molecule has 1 N–H and O–H groups in total. The number of anilines is 1. The van der Waals surface area contributed by atoms with Crippen LogP contribution in [0.15, 0.2) is 77.3 Å². The quantitative estimate of drug-likeness (QED) is 0.296. The second-order valence-electron chi connectivity index (χ2n) is 9.83. The van der Waals surface area contributed by atoms with Crippen molar-refractivity contribution in [3.05, 3.63) is 88.4 Å². The second-order valence-corrected chi connectivity index (χ2v) is 12.7. The number of ether oxygens (including phenoxy) is 2. The molecule has 9 nitrogen and oxygen atoms in total. The molecule has 11 heteroatoms. The Labute approximate surface area is 250 Å². The summed E-state index contributed by atoms with van der Waals surface area (Å²) in [7, 11) is -0.993. The molecule has 3 aromatic carbocycles. The molecular weight excluding hydrogens is 610 g/mol. The van der Waals surface area contributed by atoms with E-state index in [9.17, 15) is 18.0 Å². The number of benzene rings is 3. The summed E-state index contributed by atoms with van der Waals surface area (Å²) in [6, 6.07) is 20.4. The third-order valence-electron chi connectivity index (χ3n) is 6.28. The van der Waals surface area contributed by atoms with Crippen molar-refractivity contribution in [1.29, 1.82) is 0 Å². The van der Waals surface area contributed by atoms with Crippen molar-refractivity contribution in [3.8, 4) is 11.5 Å². The van der Waals surface area contributed by atoms with Gasteiger partial charge in [-0.05, 0) is 49.2 Å². The van der Waals surface area contributed by atoms with Crippen molar-refractivity contribution < 1.29 is 27.5 Å². The van der Waals surface area contributed by atoms with Gasteiger partial charge in [0.25, 0.3) is 0 Å². The predicted octanol–water partition coefficient (Wildman–Crippen LogP) is 4.40. The molecule has 0 fully saturated rings. The topological polar surface area (TPSA) is 105 Å². The molecule has 0 aromatic heterocycles. The van der Waals surface area contributed by atoms with Gasteiger partial charge in [-0.3, -0.25) is 13.9 Å². The molecular formula is C30H36BrN3O6S. The Balaban J connectivity index is 2.08. The Kier molecular flexibility index (Phi) is 11.2. The van der Waals surface area contributed by atoms with Gasteiger partial charge in [-0.1, -0.05) is 58.4 Å². The summed E-state index contributed by atoms with van der Waals surface area (Å²) in [6.45, 7) is 3.26. The Morgan fingerprint density at radius 3 is 2.15 bits per heavy atom. The van der Waals surface area contributed by atoms with E-state index in [1.807, 2.05) is 68.4 Å². The lowest BCUT2D eigenvalue weighted by Gasteiger charge is -2.34. The van der Waals surface area contributed by atoms with Gasteiger partial charge < -0.3 is 19.7 Å². The third kappa shape index (κ3) is 8.96. The highest BCUT2D eigenvalue weighted by Gasteiger charge is 2.33. The van der Waals surface area contributed by atoms with E-state index in [4.69, 9.17) is 9.47 Å². The van der Waals surface area contributed by atoms with Gasteiger partial charge in [-0.2, -0.15) is 0 Å². The van der Waals surface area contributed by atoms with Crippen molar-refractivity contribution in [2.24, 2.45) is 0 Å². The number of carbonyl (C=O) groups excluding carboxylic acids is 2. The summed E-state index contributed by atoms with van der Waals surface area (Å²) >= 11 is 3.47. The monoisotopic (exact) mass is 645 g/mol. The van der Waals surface area contributed by atoms with Crippen molar-refractivity contribution in [2.45, 2.75) is 38.9 Å². The summed E-state index contributed by atoms with van der Waals surface area (Å²) in [5.74, 6) is -0.134. The summed E-state index contributed by atoms with van der Waals surface area (Å²) in [4.78, 5) is 29.2. The smallest absolute Gasteiger partial charge is 0.244 e. The van der Waals surface area contributed by atoms with Gasteiger partial charge in [-0.15, -0.1) is 0 Å². The molecule has 3 aromatic rings. The first kappa shape index (κ1) is 32.0. The van der Waals surface area contributed by atoms with Crippen molar-refractivity contribution in [2.75, 3.05) is 31.3 Å². The van der Waals surface area contributed by atoms with E-state index in [-0.39, 0.29) is 30.6 Å². The van der Waals surface area contributed by atoms with Crippen LogP contribution in [0.5, 0.6) is 11.5 Å². The van der Waals surface area contributed by atoms with E-state index >= 15 is 0 Å². The number of hydrogen-bond acceptors (Lipinski definition) is 6. The van der Waals surface area contributed by atoms with Crippen LogP contribution in [0.25, 0.3) is 0 Å². The van der Waals surface area contributed by atoms with Gasteiger partial charge in [0.1, 0.15) is 12.6 Å². The number of methoxy groups -OCH3 is 2. The predicted molar refractivity (Wildman–Crippen MR) is 164 cm³/mol. The van der Waals surface area contributed by atoms with Gasteiger partial charge in [0.15, 0.2) is 11.5 Å². The number of amides is 2. The zero-order valence-corrected chi connectivity index (χ0v) is 26.2. The van der Waals surface area contributed by atoms with Crippen molar-refractivity contribution >= 4 is 43.5 Å². The molecule has 0 unspecified atom stereocenters. The van der Waals surface area contributed by atoms with Crippen LogP contribution in [0.1, 0.15) is 25.0 Å². The number of sulfonamides is 1. The molecule has 0 spiro atoms. The van der Waals surface area contributed by atoms with Crippen LogP contribution in [-0.4, -0.2) is 64.2 Å². The maximum Gasteiger partial charge on any atom is 0.244 e. The first-order valence-electron chi connectivity index (χ1n) is 13.0. The molecule has 0 bridgehead atoms. The lowest BCUT2D eigenvalue weighted by atomic mass is 10.0. The first-order chi connectivity index (χ1) is 19.4. The van der Waals surface area contributed by atoms with Gasteiger partial charge in [0, 0.05) is 29.5 Å². The molecule has 0 saturated carbocycles. The van der Waals surface area contributed by atoms with E-state index in [1.165, 1.54) is 25.2 Å². The SMILES string of the molecule is COc1ccc(N(CC(=O)N(Cc2cccc(Br)c2)[C@H](Cc2ccccc2)C(=O)NC(C)C)S(C)(=O)=O)cc1OC. The number of nitrogens with zero attached hydrogens (tertiary/aromatic N) is 2. The van der Waals surface area contributed by atoms with Crippen LogP contribution in [0.2, 0.25) is 0 Å². The summed E-state index contributed by atoms with van der Waals surface area (Å²) in [6.07, 6.45) is 1.27. The zero-order chi connectivity index (χ0) is 30.2. The molecule has 3 rings (SSSR count). The van der Waals surface area contributed by atoms with Crippen LogP contribution in [-0.2, 0) is 32.6 Å². The third-order valence-corrected chi connectivity index (χ3v) is 7.91. The Morgan fingerprint density at radius 2 is 1.56 bits per heavy atom. The Bertz CT molecular complexity index is 1450. The minimum absolute atomic E-state index is 0.0881. The second kappa shape index (κ2) is 14.4. The molecule has 0 saturated heterocycles. The highest BCUT2D eigenvalue weighted by Crippen LogP contribution is 2.32. The van der Waals surface area contributed by atoms with E-state index < -0.39 is 28.5 Å². The van der Waals surface area contributed by atoms with Crippen LogP contribution < -0.4 is 19.1 Å². The summed E-state index contributed by atoms with van der Waals surface area (Å²) in [5.41, 5.74) is 1.87. The van der Waals surface area contributed by atoms with Crippen molar-refractivity contribution in [1.82, 2.24) is 10.2 Å². The van der Waals surface area contributed by atoms with E-state index in [0.29, 0.717) is 11.5 Å². The molecule has 1 atom stereocenters. The maximum absolute atomic E-state index is 14.1. The molecule has 220 valence electrons. The maximum atomic E-state index is 14.1. The van der Waals surface area contributed by atoms with Gasteiger partial charge in [0.2, 0.25) is 21.8 Å². The number of halogens is 1. The van der Waals surface area contributed by atoms with Crippen LogP contribution in [0, 0.1) is 0 Å². The van der Waals surface area contributed by atoms with Crippen LogP contribution >= 0.6 is 15.9 Å². The molecule has 0 aliphatic heterocycles. The highest BCUT2D eigenvalue weighted by atomic mass is 79.9. The molecule has 0 heterocycles. The minimum atomic E-state index is -3.91. The normalized spacial score (nSPS) is 12.0. The van der Waals surface area contributed by atoms with Gasteiger partial charge in [0.05, 0.1) is 26.2 Å². The lowest BCUT2D eigenvalue weighted by molar-refractivity contribution is -0.140. The number of hydrogen-bond donors (Lipinski definition) is 1. The fourth-order valence-electron chi connectivity index (χ4n) is 4.36. The first-order valence-corrected chi connectivity index (χ1v) is 15.6. The van der Waals surface area contributed by atoms with Crippen LogP contribution in [0.3, 0.4) is 0 Å². The fraction of sp³-hybridized carbons (Fsp3) is 0.333. The lowest BCUT2D eigenvalue weighted by Crippen LogP contribution is -2.54. The van der Waals surface area contributed by atoms with Gasteiger partial charge in [-0.25, -0.2) is 8.42 Å². The van der Waals surface area contributed by atoms with Crippen molar-refractivity contribution in [3.63, 3.8) is 0 Å². The number of nitrogens with one attached hydrogen (secondary N) is 1. The average molecular weight is 647 g/mol. The highest BCUT2D eigenvalue weighted by molar-refractivity contribution is 9.10. The molecule has 0 radical (unpaired) electrons. The molecule has 0 aliphatic carbocycles. The Hall–Kier alpha value is -3.57. The molecule has 0 aliphatic rings. The number of carbonyl (C=O) groups is 2. The average Bonchev–Trinajstić information content (AvgIpc) is 2.92.